The fraction of sp³-hybridized carbons (Fsp3) is 0.385. The molecule has 0 spiro atoms. The zero-order valence-electron chi connectivity index (χ0n) is 10.9. The number of carbonyl (C=O) groups excluding carboxylic acids is 2. The van der Waals surface area contributed by atoms with Gasteiger partial charge in [0.1, 0.15) is 0 Å². The van der Waals surface area contributed by atoms with Gasteiger partial charge in [-0.05, 0) is 34.5 Å². The van der Waals surface area contributed by atoms with E-state index in [4.69, 9.17) is 9.47 Å². The van der Waals surface area contributed by atoms with Crippen LogP contribution in [0.4, 0.5) is 0 Å². The highest BCUT2D eigenvalue weighted by atomic mass is 79.9. The molecule has 0 aromatic heterocycles. The highest BCUT2D eigenvalue weighted by Crippen LogP contribution is 2.32. The highest BCUT2D eigenvalue weighted by Gasteiger charge is 2.11. The molecule has 0 fully saturated rings. The van der Waals surface area contributed by atoms with Crippen molar-refractivity contribution in [3.63, 3.8) is 0 Å². The van der Waals surface area contributed by atoms with Crippen LogP contribution < -0.4 is 14.8 Å². The first kappa shape index (κ1) is 15.5. The number of ether oxygens (including phenoxy) is 2. The normalized spacial score (nSPS) is 9.84. The molecule has 104 valence electrons. The first-order valence-electron chi connectivity index (χ1n) is 5.84. The summed E-state index contributed by atoms with van der Waals surface area (Å²) in [5, 5.41) is 2.70. The molecule has 6 heteroatoms. The van der Waals surface area contributed by atoms with E-state index >= 15 is 0 Å². The summed E-state index contributed by atoms with van der Waals surface area (Å²) in [5.41, 5.74) is 0.435. The van der Waals surface area contributed by atoms with Gasteiger partial charge in [0.15, 0.2) is 24.4 Å². The van der Waals surface area contributed by atoms with Crippen molar-refractivity contribution in [2.24, 2.45) is 0 Å². The number of hydrogen-bond donors (Lipinski definition) is 1. The molecular formula is C13H16BrNO4. The Hall–Kier alpha value is -1.56. The second-order valence-corrected chi connectivity index (χ2v) is 4.64. The molecule has 0 saturated carbocycles. The van der Waals surface area contributed by atoms with Gasteiger partial charge in [-0.3, -0.25) is 9.59 Å². The lowest BCUT2D eigenvalue weighted by molar-refractivity contribution is -0.123. The maximum atomic E-state index is 11.4. The summed E-state index contributed by atoms with van der Waals surface area (Å²) in [7, 11) is 1.49. The predicted molar refractivity (Wildman–Crippen MR) is 74.9 cm³/mol. The van der Waals surface area contributed by atoms with E-state index in [0.29, 0.717) is 34.4 Å². The Kier molecular flexibility index (Phi) is 6.35. The number of hydrogen-bond acceptors (Lipinski definition) is 4. The van der Waals surface area contributed by atoms with Crippen LogP contribution >= 0.6 is 15.9 Å². The van der Waals surface area contributed by atoms with Gasteiger partial charge in [-0.15, -0.1) is 0 Å². The summed E-state index contributed by atoms with van der Waals surface area (Å²) >= 11 is 3.25. The van der Waals surface area contributed by atoms with E-state index in [-0.39, 0.29) is 12.5 Å². The van der Waals surface area contributed by atoms with Gasteiger partial charge >= 0.3 is 0 Å². The summed E-state index contributed by atoms with van der Waals surface area (Å²) in [5.74, 6) is 0.611. The van der Waals surface area contributed by atoms with Crippen LogP contribution in [0, 0.1) is 0 Å². The summed E-state index contributed by atoms with van der Waals surface area (Å²) in [4.78, 5) is 22.3. The van der Waals surface area contributed by atoms with Crippen molar-refractivity contribution in [2.45, 2.75) is 13.3 Å². The lowest BCUT2D eigenvalue weighted by Gasteiger charge is -2.12. The number of rotatable bonds is 7. The first-order chi connectivity index (χ1) is 9.12. The number of nitrogens with one attached hydrogen (secondary N) is 1. The molecule has 1 amide bonds. The van der Waals surface area contributed by atoms with Gasteiger partial charge in [0.2, 0.25) is 0 Å². The fourth-order valence-electron chi connectivity index (χ4n) is 1.37. The number of halogens is 1. The molecule has 1 rings (SSSR count). The van der Waals surface area contributed by atoms with Crippen molar-refractivity contribution in [3.05, 3.63) is 22.2 Å². The average Bonchev–Trinajstić information content (AvgIpc) is 2.43. The third-order valence-corrected chi connectivity index (χ3v) is 3.03. The van der Waals surface area contributed by atoms with Gasteiger partial charge in [0.05, 0.1) is 7.11 Å². The van der Waals surface area contributed by atoms with Crippen LogP contribution in [0.5, 0.6) is 11.5 Å². The largest absolute Gasteiger partial charge is 0.493 e. The molecule has 1 N–H and O–H groups in total. The molecule has 0 radical (unpaired) electrons. The minimum absolute atomic E-state index is 0.115. The molecule has 0 aliphatic rings. The molecule has 1 aromatic carbocycles. The molecule has 0 saturated heterocycles. The van der Waals surface area contributed by atoms with E-state index in [0.717, 1.165) is 6.42 Å². The Morgan fingerprint density at radius 3 is 2.74 bits per heavy atom. The summed E-state index contributed by atoms with van der Waals surface area (Å²) in [6.45, 7) is 2.46. The fourth-order valence-corrected chi connectivity index (χ4v) is 1.79. The topological polar surface area (TPSA) is 64.6 Å². The van der Waals surface area contributed by atoms with E-state index in [1.54, 1.807) is 6.07 Å². The van der Waals surface area contributed by atoms with Crippen LogP contribution in [-0.4, -0.2) is 32.5 Å². The number of carbonyl (C=O) groups is 2. The predicted octanol–water partition coefficient (Wildman–Crippen LogP) is 2.18. The van der Waals surface area contributed by atoms with Crippen LogP contribution in [0.3, 0.4) is 0 Å². The molecule has 0 heterocycles. The quantitative estimate of drug-likeness (QED) is 0.779. The minimum Gasteiger partial charge on any atom is -0.493 e. The van der Waals surface area contributed by atoms with E-state index in [1.165, 1.54) is 13.2 Å². The second-order valence-electron chi connectivity index (χ2n) is 3.78. The van der Waals surface area contributed by atoms with Crippen molar-refractivity contribution in [1.82, 2.24) is 5.32 Å². The van der Waals surface area contributed by atoms with Crippen LogP contribution in [0.25, 0.3) is 0 Å². The van der Waals surface area contributed by atoms with Gasteiger partial charge in [0, 0.05) is 16.6 Å². The molecule has 0 aliphatic carbocycles. The van der Waals surface area contributed by atoms with E-state index in [2.05, 4.69) is 21.2 Å². The number of amides is 1. The van der Waals surface area contributed by atoms with Crippen LogP contribution in [0.2, 0.25) is 0 Å². The van der Waals surface area contributed by atoms with Crippen LogP contribution in [0.1, 0.15) is 23.7 Å². The average molecular weight is 330 g/mol. The van der Waals surface area contributed by atoms with Crippen molar-refractivity contribution < 1.29 is 19.1 Å². The van der Waals surface area contributed by atoms with E-state index in [9.17, 15) is 9.59 Å². The Balaban J connectivity index is 2.76. The van der Waals surface area contributed by atoms with Gasteiger partial charge < -0.3 is 14.8 Å². The molecule has 0 bridgehead atoms. The standard InChI is InChI=1S/C13H16BrNO4/c1-3-4-15-13(17)8-19-12-5-9(7-16)10(14)6-11(12)18-2/h5-7H,3-4,8H2,1-2H3,(H,15,17). The summed E-state index contributed by atoms with van der Waals surface area (Å²) in [6.07, 6.45) is 1.57. The molecule has 0 aliphatic heterocycles. The maximum Gasteiger partial charge on any atom is 0.257 e. The van der Waals surface area contributed by atoms with Crippen molar-refractivity contribution in [2.75, 3.05) is 20.3 Å². The van der Waals surface area contributed by atoms with Crippen LogP contribution in [0.15, 0.2) is 16.6 Å². The van der Waals surface area contributed by atoms with E-state index in [1.807, 2.05) is 6.92 Å². The zero-order chi connectivity index (χ0) is 14.3. The maximum absolute atomic E-state index is 11.4. The molecule has 0 unspecified atom stereocenters. The zero-order valence-corrected chi connectivity index (χ0v) is 12.5. The number of aldehydes is 1. The van der Waals surface area contributed by atoms with Gasteiger partial charge in [-0.2, -0.15) is 0 Å². The highest BCUT2D eigenvalue weighted by molar-refractivity contribution is 9.10. The Labute approximate surface area is 120 Å². The van der Waals surface area contributed by atoms with Gasteiger partial charge in [-0.1, -0.05) is 6.92 Å². The summed E-state index contributed by atoms with van der Waals surface area (Å²) in [6, 6.07) is 3.16. The van der Waals surface area contributed by atoms with Crippen molar-refractivity contribution >= 4 is 28.1 Å². The molecule has 5 nitrogen and oxygen atoms in total. The third-order valence-electron chi connectivity index (χ3n) is 2.34. The second kappa shape index (κ2) is 7.78. The smallest absolute Gasteiger partial charge is 0.257 e. The SMILES string of the molecule is CCCNC(=O)COc1cc(C=O)c(Br)cc1OC. The monoisotopic (exact) mass is 329 g/mol. The Morgan fingerprint density at radius 2 is 2.16 bits per heavy atom. The number of methoxy groups -OCH3 is 1. The van der Waals surface area contributed by atoms with Crippen molar-refractivity contribution in [3.8, 4) is 11.5 Å². The van der Waals surface area contributed by atoms with Gasteiger partial charge in [-0.25, -0.2) is 0 Å². The molecular weight excluding hydrogens is 314 g/mol. The molecule has 19 heavy (non-hydrogen) atoms. The third kappa shape index (κ3) is 4.55. The Bertz CT molecular complexity index is 462. The van der Waals surface area contributed by atoms with E-state index < -0.39 is 0 Å². The lowest BCUT2D eigenvalue weighted by Crippen LogP contribution is -2.29. The Morgan fingerprint density at radius 1 is 1.42 bits per heavy atom. The van der Waals surface area contributed by atoms with Crippen LogP contribution in [-0.2, 0) is 4.79 Å². The lowest BCUT2D eigenvalue weighted by atomic mass is 10.2. The first-order valence-corrected chi connectivity index (χ1v) is 6.63. The molecule has 0 atom stereocenters. The summed E-state index contributed by atoms with van der Waals surface area (Å²) < 4.78 is 11.1. The minimum atomic E-state index is -0.209. The van der Waals surface area contributed by atoms with Crippen molar-refractivity contribution in [1.29, 1.82) is 0 Å². The van der Waals surface area contributed by atoms with Gasteiger partial charge in [0.25, 0.3) is 5.91 Å². The number of benzene rings is 1. The molecule has 1 aromatic rings.